The molecule has 0 fully saturated rings. The molecule has 0 bridgehead atoms. The van der Waals surface area contributed by atoms with E-state index < -0.39 is 5.60 Å². The van der Waals surface area contributed by atoms with Crippen LogP contribution in [0, 0.1) is 0 Å². The Morgan fingerprint density at radius 3 is 2.33 bits per heavy atom. The summed E-state index contributed by atoms with van der Waals surface area (Å²) in [6.07, 6.45) is 0. The van der Waals surface area contributed by atoms with Gasteiger partial charge in [0.1, 0.15) is 11.5 Å². The standard InChI is InChI=1S/C33H23BrN2O3/c1-36(22-9-3-2-4-10-22)23-16-17-26-31(20-23)38-30-18-15-21(35-29-14-8-7-13-28(29)34)19-27(30)33(26)25-12-6-5-11-24(25)32(37)39-33/h2-20,35H,1H3. The maximum Gasteiger partial charge on any atom is 0.340 e. The lowest BCUT2D eigenvalue weighted by Gasteiger charge is -2.37. The Morgan fingerprint density at radius 1 is 0.718 bits per heavy atom. The van der Waals surface area contributed by atoms with Gasteiger partial charge >= 0.3 is 5.97 Å². The van der Waals surface area contributed by atoms with Crippen LogP contribution in [0.2, 0.25) is 0 Å². The topological polar surface area (TPSA) is 50.8 Å². The number of anilines is 4. The van der Waals surface area contributed by atoms with Gasteiger partial charge in [-0.3, -0.25) is 0 Å². The summed E-state index contributed by atoms with van der Waals surface area (Å²) in [7, 11) is 2.02. The first-order chi connectivity index (χ1) is 19.0. The van der Waals surface area contributed by atoms with Crippen LogP contribution in [0.3, 0.4) is 0 Å². The van der Waals surface area contributed by atoms with Crippen molar-refractivity contribution in [2.24, 2.45) is 0 Å². The van der Waals surface area contributed by atoms with Gasteiger partial charge in [-0.25, -0.2) is 4.79 Å². The molecule has 5 nitrogen and oxygen atoms in total. The second-order valence-corrected chi connectivity index (χ2v) is 10.5. The van der Waals surface area contributed by atoms with Crippen molar-refractivity contribution in [3.63, 3.8) is 0 Å². The fraction of sp³-hybridized carbons (Fsp3) is 0.0606. The first-order valence-electron chi connectivity index (χ1n) is 12.6. The third-order valence-electron chi connectivity index (χ3n) is 7.38. The first kappa shape index (κ1) is 23.6. The molecule has 0 aromatic heterocycles. The molecular formula is C33H23BrN2O3. The molecule has 39 heavy (non-hydrogen) atoms. The van der Waals surface area contributed by atoms with Crippen LogP contribution < -0.4 is 15.0 Å². The van der Waals surface area contributed by atoms with Crippen molar-refractivity contribution in [2.75, 3.05) is 17.3 Å². The van der Waals surface area contributed by atoms with Crippen LogP contribution in [0.4, 0.5) is 22.7 Å². The van der Waals surface area contributed by atoms with E-state index in [1.165, 1.54) is 0 Å². The van der Waals surface area contributed by atoms with Gasteiger partial charge < -0.3 is 19.7 Å². The Balaban J connectivity index is 1.40. The van der Waals surface area contributed by atoms with Crippen molar-refractivity contribution in [3.05, 3.63) is 142 Å². The monoisotopic (exact) mass is 574 g/mol. The number of nitrogens with zero attached hydrogens (tertiary/aromatic N) is 1. The molecule has 1 unspecified atom stereocenters. The van der Waals surface area contributed by atoms with Gasteiger partial charge in [-0.15, -0.1) is 0 Å². The molecule has 190 valence electrons. The van der Waals surface area contributed by atoms with Gasteiger partial charge in [0.2, 0.25) is 0 Å². The van der Waals surface area contributed by atoms with Crippen LogP contribution in [0.15, 0.2) is 120 Å². The molecule has 1 atom stereocenters. The Hall–Kier alpha value is -4.55. The zero-order chi connectivity index (χ0) is 26.6. The molecule has 6 heteroatoms. The predicted molar refractivity (Wildman–Crippen MR) is 157 cm³/mol. The van der Waals surface area contributed by atoms with Crippen LogP contribution in [-0.4, -0.2) is 13.0 Å². The Kier molecular flexibility index (Phi) is 5.46. The average molecular weight is 575 g/mol. The number of carbonyl (C=O) groups excluding carboxylic acids is 1. The zero-order valence-corrected chi connectivity index (χ0v) is 22.6. The molecule has 0 aliphatic carbocycles. The number of rotatable bonds is 4. The lowest BCUT2D eigenvalue weighted by Crippen LogP contribution is -2.33. The van der Waals surface area contributed by atoms with E-state index in [9.17, 15) is 4.79 Å². The van der Waals surface area contributed by atoms with Gasteiger partial charge in [-0.1, -0.05) is 48.5 Å². The number of fused-ring (bicyclic) bond motifs is 6. The van der Waals surface area contributed by atoms with Crippen LogP contribution in [0.5, 0.6) is 11.5 Å². The third-order valence-corrected chi connectivity index (χ3v) is 8.07. The number of halogens is 1. The average Bonchev–Trinajstić information content (AvgIpc) is 3.27. The minimum atomic E-state index is -1.13. The van der Waals surface area contributed by atoms with Crippen molar-refractivity contribution in [1.29, 1.82) is 0 Å². The van der Waals surface area contributed by atoms with Crippen LogP contribution in [-0.2, 0) is 10.3 Å². The number of ether oxygens (including phenoxy) is 2. The lowest BCUT2D eigenvalue weighted by atomic mass is 9.77. The summed E-state index contributed by atoms with van der Waals surface area (Å²) in [5, 5.41) is 3.48. The smallest absolute Gasteiger partial charge is 0.340 e. The van der Waals surface area contributed by atoms with E-state index in [4.69, 9.17) is 9.47 Å². The number of benzene rings is 5. The molecular weight excluding hydrogens is 552 g/mol. The molecule has 0 amide bonds. The molecule has 5 aromatic rings. The quantitative estimate of drug-likeness (QED) is 0.218. The fourth-order valence-corrected chi connectivity index (χ4v) is 5.85. The minimum Gasteiger partial charge on any atom is -0.456 e. The maximum atomic E-state index is 13.2. The first-order valence-corrected chi connectivity index (χ1v) is 13.4. The van der Waals surface area contributed by atoms with Crippen molar-refractivity contribution in [3.8, 4) is 11.5 Å². The summed E-state index contributed by atoms with van der Waals surface area (Å²) >= 11 is 3.61. The van der Waals surface area contributed by atoms with Crippen molar-refractivity contribution in [2.45, 2.75) is 5.60 Å². The van der Waals surface area contributed by atoms with Gasteiger partial charge in [-0.2, -0.15) is 0 Å². The normalized spacial score (nSPS) is 16.5. The Morgan fingerprint density at radius 2 is 1.49 bits per heavy atom. The van der Waals surface area contributed by atoms with E-state index in [-0.39, 0.29) is 5.97 Å². The molecule has 2 aliphatic heterocycles. The fourth-order valence-electron chi connectivity index (χ4n) is 5.47. The minimum absolute atomic E-state index is 0.348. The Bertz CT molecular complexity index is 1750. The number of nitrogens with one attached hydrogen (secondary N) is 1. The van der Waals surface area contributed by atoms with Crippen molar-refractivity contribution >= 4 is 44.6 Å². The van der Waals surface area contributed by atoms with Gasteiger partial charge in [0, 0.05) is 51.3 Å². The van der Waals surface area contributed by atoms with Crippen LogP contribution in [0.25, 0.3) is 0 Å². The van der Waals surface area contributed by atoms with Gasteiger partial charge in [0.15, 0.2) is 5.60 Å². The predicted octanol–water partition coefficient (Wildman–Crippen LogP) is 8.53. The van der Waals surface area contributed by atoms with E-state index in [1.54, 1.807) is 0 Å². The van der Waals surface area contributed by atoms with Gasteiger partial charge in [0.25, 0.3) is 0 Å². The summed E-state index contributed by atoms with van der Waals surface area (Å²) in [6.45, 7) is 0. The van der Waals surface area contributed by atoms with Crippen molar-refractivity contribution in [1.82, 2.24) is 0 Å². The summed E-state index contributed by atoms with van der Waals surface area (Å²) in [4.78, 5) is 15.3. The summed E-state index contributed by atoms with van der Waals surface area (Å²) in [5.41, 5.74) is 5.60. The van der Waals surface area contributed by atoms with E-state index >= 15 is 0 Å². The molecule has 7 rings (SSSR count). The van der Waals surface area contributed by atoms with E-state index in [0.717, 1.165) is 43.9 Å². The maximum absolute atomic E-state index is 13.2. The second-order valence-electron chi connectivity index (χ2n) is 9.61. The molecule has 5 aromatic carbocycles. The highest BCUT2D eigenvalue weighted by molar-refractivity contribution is 9.10. The van der Waals surface area contributed by atoms with E-state index in [1.807, 2.05) is 110 Å². The number of para-hydroxylation sites is 2. The molecule has 2 aliphatic rings. The van der Waals surface area contributed by atoms with Crippen LogP contribution in [0.1, 0.15) is 27.0 Å². The molecule has 0 saturated heterocycles. The highest BCUT2D eigenvalue weighted by atomic mass is 79.9. The highest BCUT2D eigenvalue weighted by Crippen LogP contribution is 2.57. The van der Waals surface area contributed by atoms with Gasteiger partial charge in [-0.05, 0) is 76.6 Å². The van der Waals surface area contributed by atoms with E-state index in [2.05, 4.69) is 38.3 Å². The van der Waals surface area contributed by atoms with E-state index in [0.29, 0.717) is 17.1 Å². The largest absolute Gasteiger partial charge is 0.456 e. The second kappa shape index (κ2) is 9.03. The number of hydrogen-bond acceptors (Lipinski definition) is 5. The molecule has 0 radical (unpaired) electrons. The molecule has 1 N–H and O–H groups in total. The van der Waals surface area contributed by atoms with Crippen molar-refractivity contribution < 1.29 is 14.3 Å². The van der Waals surface area contributed by atoms with Crippen LogP contribution >= 0.6 is 15.9 Å². The number of esters is 1. The molecule has 2 heterocycles. The summed E-state index contributed by atoms with van der Waals surface area (Å²) in [5.74, 6) is 0.946. The summed E-state index contributed by atoms with van der Waals surface area (Å²) in [6, 6.07) is 37.7. The number of hydrogen-bond donors (Lipinski definition) is 1. The summed E-state index contributed by atoms with van der Waals surface area (Å²) < 4.78 is 13.8. The highest BCUT2D eigenvalue weighted by Gasteiger charge is 2.53. The third kappa shape index (κ3) is 3.71. The Labute approximate surface area is 234 Å². The molecule has 0 saturated carbocycles. The number of carbonyl (C=O) groups is 1. The zero-order valence-electron chi connectivity index (χ0n) is 21.0. The molecule has 1 spiro atoms. The SMILES string of the molecule is CN(c1ccccc1)c1ccc2c(c1)Oc1ccc(Nc3ccccc3Br)cc1C21OC(=O)c2ccccc21. The lowest BCUT2D eigenvalue weighted by molar-refractivity contribution is 0.0224. The van der Waals surface area contributed by atoms with Gasteiger partial charge in [0.05, 0.1) is 11.3 Å².